The molecule has 0 fully saturated rings. The second-order valence-electron chi connectivity index (χ2n) is 9.27. The molecule has 0 unspecified atom stereocenters. The summed E-state index contributed by atoms with van der Waals surface area (Å²) < 4.78 is 149. The number of benzene rings is 3. The van der Waals surface area contributed by atoms with Crippen LogP contribution in [-0.2, 0) is 17.4 Å². The number of anilines is 2. The number of carbonyl (C=O) groups is 1. The van der Waals surface area contributed by atoms with Gasteiger partial charge in [-0.15, -0.1) is 0 Å². The predicted octanol–water partition coefficient (Wildman–Crippen LogP) is 9.50. The highest BCUT2D eigenvalue weighted by atomic mass is 79.9. The Labute approximate surface area is 233 Å². The molecule has 0 heterocycles. The molecular formula is C26H18BrF11N2O. The Hall–Kier alpha value is -3.36. The van der Waals surface area contributed by atoms with Crippen LogP contribution in [0.2, 0.25) is 0 Å². The molecule has 3 aromatic carbocycles. The minimum Gasteiger partial charge on any atom is -0.374 e. The van der Waals surface area contributed by atoms with Crippen molar-refractivity contribution in [3.05, 3.63) is 93.2 Å². The quantitative estimate of drug-likeness (QED) is 0.258. The highest BCUT2D eigenvalue weighted by molar-refractivity contribution is 9.10. The van der Waals surface area contributed by atoms with Crippen LogP contribution in [0.1, 0.15) is 40.9 Å². The first-order valence-electron chi connectivity index (χ1n) is 11.3. The van der Waals surface area contributed by atoms with E-state index in [0.29, 0.717) is 5.56 Å². The molecule has 3 aromatic rings. The molecule has 0 aromatic heterocycles. The molecule has 3 nitrogen and oxygen atoms in total. The van der Waals surface area contributed by atoms with E-state index in [1.165, 1.54) is 12.1 Å². The highest BCUT2D eigenvalue weighted by Gasteiger charge is 2.73. The molecule has 0 saturated heterocycles. The number of halogens is 12. The maximum atomic E-state index is 15.3. The lowest BCUT2D eigenvalue weighted by atomic mass is 9.92. The largest absolute Gasteiger partial charge is 0.435 e. The molecular weight excluding hydrogens is 645 g/mol. The van der Waals surface area contributed by atoms with Crippen LogP contribution in [-0.4, -0.2) is 18.3 Å². The minimum atomic E-state index is -6.69. The molecule has 0 bridgehead atoms. The zero-order chi connectivity index (χ0) is 31.2. The van der Waals surface area contributed by atoms with E-state index in [-0.39, 0.29) is 11.8 Å². The molecule has 0 aliphatic heterocycles. The maximum Gasteiger partial charge on any atom is 0.435 e. The van der Waals surface area contributed by atoms with Gasteiger partial charge in [0.15, 0.2) is 5.82 Å². The maximum absolute atomic E-state index is 15.3. The summed E-state index contributed by atoms with van der Waals surface area (Å²) in [5.41, 5.74) is -13.5. The average Bonchev–Trinajstić information content (AvgIpc) is 2.84. The Morgan fingerprint density at radius 3 is 1.83 bits per heavy atom. The van der Waals surface area contributed by atoms with Crippen LogP contribution in [0.3, 0.4) is 0 Å². The number of amides is 1. The summed E-state index contributed by atoms with van der Waals surface area (Å²) in [4.78, 5) is 12.9. The number of nitrogens with one attached hydrogen (secondary N) is 2. The van der Waals surface area contributed by atoms with Crippen LogP contribution in [0, 0.1) is 5.82 Å². The summed E-state index contributed by atoms with van der Waals surface area (Å²) in [6.07, 6.45) is -19.1. The first-order valence-corrected chi connectivity index (χ1v) is 12.1. The smallest absolute Gasteiger partial charge is 0.374 e. The SMILES string of the molecule is CC(C)(Nc1cccc(C(=O)Nc2c(Br)cc(C(F)(C(F)(F)F)C(F)(F)F)cc2C(F)(F)F)c1F)c1ccccc1. The van der Waals surface area contributed by atoms with E-state index in [2.05, 4.69) is 21.2 Å². The molecule has 0 spiro atoms. The molecule has 0 atom stereocenters. The summed E-state index contributed by atoms with van der Waals surface area (Å²) in [6.45, 7) is 3.35. The molecule has 41 heavy (non-hydrogen) atoms. The molecule has 3 rings (SSSR count). The van der Waals surface area contributed by atoms with Crippen molar-refractivity contribution in [3.8, 4) is 0 Å². The third kappa shape index (κ3) is 6.28. The molecule has 1 amide bonds. The van der Waals surface area contributed by atoms with Crippen molar-refractivity contribution < 1.29 is 53.1 Å². The third-order valence-electron chi connectivity index (χ3n) is 6.00. The van der Waals surface area contributed by atoms with Gasteiger partial charge in [0, 0.05) is 10.0 Å². The molecule has 0 aliphatic rings. The van der Waals surface area contributed by atoms with Crippen molar-refractivity contribution in [3.63, 3.8) is 0 Å². The summed E-state index contributed by atoms with van der Waals surface area (Å²) in [5, 5.41) is 4.52. The summed E-state index contributed by atoms with van der Waals surface area (Å²) >= 11 is 2.39. The van der Waals surface area contributed by atoms with Gasteiger partial charge >= 0.3 is 24.2 Å². The molecule has 0 saturated carbocycles. The topological polar surface area (TPSA) is 41.1 Å². The van der Waals surface area contributed by atoms with Gasteiger partial charge in [-0.3, -0.25) is 4.79 Å². The van der Waals surface area contributed by atoms with Crippen LogP contribution in [0.15, 0.2) is 65.1 Å². The first-order chi connectivity index (χ1) is 18.6. The number of carbonyl (C=O) groups excluding carboxylic acids is 1. The Bertz CT molecular complexity index is 1420. The van der Waals surface area contributed by atoms with Gasteiger partial charge in [-0.1, -0.05) is 36.4 Å². The van der Waals surface area contributed by atoms with Gasteiger partial charge in [-0.05, 0) is 59.6 Å². The van der Waals surface area contributed by atoms with Crippen LogP contribution in [0.4, 0.5) is 59.7 Å². The first kappa shape index (κ1) is 32.2. The summed E-state index contributed by atoms with van der Waals surface area (Å²) in [5.74, 6) is -2.74. The van der Waals surface area contributed by atoms with Crippen molar-refractivity contribution in [2.24, 2.45) is 0 Å². The monoisotopic (exact) mass is 662 g/mol. The van der Waals surface area contributed by atoms with E-state index in [0.717, 1.165) is 6.07 Å². The number of hydrogen-bond acceptors (Lipinski definition) is 2. The van der Waals surface area contributed by atoms with Gasteiger partial charge in [0.2, 0.25) is 0 Å². The Balaban J connectivity index is 2.07. The Kier molecular flexibility index (Phi) is 8.47. The van der Waals surface area contributed by atoms with Gasteiger partial charge in [0.1, 0.15) is 0 Å². The van der Waals surface area contributed by atoms with Crippen LogP contribution < -0.4 is 10.6 Å². The third-order valence-corrected chi connectivity index (χ3v) is 6.62. The molecule has 0 radical (unpaired) electrons. The number of hydrogen-bond donors (Lipinski definition) is 2. The van der Waals surface area contributed by atoms with Gasteiger partial charge in [-0.2, -0.15) is 39.5 Å². The summed E-state index contributed by atoms with van der Waals surface area (Å²) in [7, 11) is 0. The van der Waals surface area contributed by atoms with Crippen molar-refractivity contribution in [2.45, 2.75) is 43.6 Å². The van der Waals surface area contributed by atoms with E-state index in [1.807, 2.05) is 0 Å². The van der Waals surface area contributed by atoms with Gasteiger partial charge in [0.25, 0.3) is 5.91 Å². The predicted molar refractivity (Wildman–Crippen MR) is 131 cm³/mol. The van der Waals surface area contributed by atoms with Crippen LogP contribution >= 0.6 is 15.9 Å². The highest BCUT2D eigenvalue weighted by Crippen LogP contribution is 2.55. The van der Waals surface area contributed by atoms with Crippen molar-refractivity contribution in [1.82, 2.24) is 0 Å². The lowest BCUT2D eigenvalue weighted by Crippen LogP contribution is -2.50. The average molecular weight is 663 g/mol. The van der Waals surface area contributed by atoms with Crippen LogP contribution in [0.25, 0.3) is 0 Å². The van der Waals surface area contributed by atoms with Gasteiger partial charge < -0.3 is 10.6 Å². The second-order valence-corrected chi connectivity index (χ2v) is 10.1. The van der Waals surface area contributed by atoms with Gasteiger partial charge in [-0.25, -0.2) is 8.78 Å². The fourth-order valence-corrected chi connectivity index (χ4v) is 4.45. The number of alkyl halides is 10. The van der Waals surface area contributed by atoms with E-state index in [1.54, 1.807) is 49.5 Å². The lowest BCUT2D eigenvalue weighted by molar-refractivity contribution is -0.348. The fraction of sp³-hybridized carbons (Fsp3) is 0.269. The lowest BCUT2D eigenvalue weighted by Gasteiger charge is -2.31. The number of rotatable bonds is 6. The molecule has 15 heteroatoms. The normalized spacial score (nSPS) is 13.2. The minimum absolute atomic E-state index is 0.192. The van der Waals surface area contributed by atoms with E-state index < -0.39 is 74.4 Å². The van der Waals surface area contributed by atoms with Crippen molar-refractivity contribution in [2.75, 3.05) is 10.6 Å². The summed E-state index contributed by atoms with van der Waals surface area (Å²) in [6, 6.07) is 11.0. The Morgan fingerprint density at radius 1 is 0.756 bits per heavy atom. The standard InChI is InChI=1S/C26H18BrF11N2O/c1-22(2,13-7-4-3-5-8-13)40-18-10-6-9-15(19(18)28)21(41)39-20-16(24(30,31)32)11-14(12-17(20)27)23(29,25(33,34)35)26(36,37)38/h3-12,40H,1-2H3,(H,39,41). The van der Waals surface area contributed by atoms with Crippen molar-refractivity contribution in [1.29, 1.82) is 0 Å². The fourth-order valence-electron chi connectivity index (χ4n) is 3.89. The molecule has 2 N–H and O–H groups in total. The van der Waals surface area contributed by atoms with E-state index >= 15 is 4.39 Å². The van der Waals surface area contributed by atoms with E-state index in [4.69, 9.17) is 0 Å². The van der Waals surface area contributed by atoms with Crippen LogP contribution in [0.5, 0.6) is 0 Å². The molecule has 222 valence electrons. The second kappa shape index (κ2) is 10.8. The zero-order valence-corrected chi connectivity index (χ0v) is 22.3. The molecule has 0 aliphatic carbocycles. The Morgan fingerprint density at radius 2 is 1.32 bits per heavy atom. The zero-order valence-electron chi connectivity index (χ0n) is 20.7. The van der Waals surface area contributed by atoms with Crippen molar-refractivity contribution >= 4 is 33.2 Å². The van der Waals surface area contributed by atoms with Gasteiger partial charge in [0.05, 0.1) is 28.0 Å². The van der Waals surface area contributed by atoms with E-state index in [9.17, 15) is 48.7 Å².